The molecule has 5 heteroatoms. The first-order valence-electron chi connectivity index (χ1n) is 8.81. The van der Waals surface area contributed by atoms with Crippen LogP contribution in [0.1, 0.15) is 33.1 Å². The van der Waals surface area contributed by atoms with Gasteiger partial charge in [-0.3, -0.25) is 5.43 Å². The van der Waals surface area contributed by atoms with Gasteiger partial charge in [-0.25, -0.2) is 5.01 Å². The van der Waals surface area contributed by atoms with Crippen molar-refractivity contribution in [2.75, 3.05) is 5.32 Å². The summed E-state index contributed by atoms with van der Waals surface area (Å²) in [4.78, 5) is 0. The molecule has 0 bridgehead atoms. The van der Waals surface area contributed by atoms with Crippen LogP contribution in [0, 0.1) is 0 Å². The molecule has 1 aliphatic rings. The summed E-state index contributed by atoms with van der Waals surface area (Å²) in [5, 5.41) is 6.12. The first-order chi connectivity index (χ1) is 12.1. The number of nitrogens with one attached hydrogen (secondary N) is 2. The average Bonchev–Trinajstić information content (AvgIpc) is 2.61. The third kappa shape index (κ3) is 4.94. The van der Waals surface area contributed by atoms with Gasteiger partial charge in [-0.15, -0.1) is 0 Å². The molecule has 4 nitrogen and oxygen atoms in total. The summed E-state index contributed by atoms with van der Waals surface area (Å²) in [6.07, 6.45) is 3.68. The molecule has 0 aliphatic carbocycles. The van der Waals surface area contributed by atoms with Crippen LogP contribution in [0.2, 0.25) is 0 Å². The normalized spacial score (nSPS) is 20.7. The quantitative estimate of drug-likeness (QED) is 0.760. The van der Waals surface area contributed by atoms with Crippen molar-refractivity contribution in [3.05, 3.63) is 54.6 Å². The van der Waals surface area contributed by atoms with Gasteiger partial charge >= 0.3 is 0 Å². The van der Waals surface area contributed by atoms with Crippen molar-refractivity contribution in [2.24, 2.45) is 0 Å². The van der Waals surface area contributed by atoms with E-state index < -0.39 is 0 Å². The van der Waals surface area contributed by atoms with E-state index in [0.29, 0.717) is 17.2 Å². The Labute approximate surface area is 155 Å². The number of benzene rings is 2. The highest BCUT2D eigenvalue weighted by Gasteiger charge is 2.25. The molecule has 2 atom stereocenters. The molecule has 0 radical (unpaired) electrons. The Kier molecular flexibility index (Phi) is 5.89. The van der Waals surface area contributed by atoms with Crippen molar-refractivity contribution >= 4 is 23.0 Å². The lowest BCUT2D eigenvalue weighted by Crippen LogP contribution is -2.55. The van der Waals surface area contributed by atoms with E-state index >= 15 is 0 Å². The second-order valence-electron chi connectivity index (χ2n) is 6.54. The molecule has 1 saturated heterocycles. The highest BCUT2D eigenvalue weighted by atomic mass is 32.1. The molecule has 2 N–H and O–H groups in total. The lowest BCUT2D eigenvalue weighted by molar-refractivity contribution is 0.0750. The smallest absolute Gasteiger partial charge is 0.185 e. The van der Waals surface area contributed by atoms with E-state index in [1.54, 1.807) is 0 Å². The molecule has 2 aromatic carbocycles. The molecule has 0 aromatic heterocycles. The van der Waals surface area contributed by atoms with Gasteiger partial charge in [0.25, 0.3) is 0 Å². The zero-order chi connectivity index (χ0) is 17.6. The van der Waals surface area contributed by atoms with Crippen LogP contribution in [0.3, 0.4) is 0 Å². The molecule has 2 aromatic rings. The SMILES string of the molecule is CC1CCCC(C)N1NC(=S)Nc1ccc(Oc2ccccc2)cc1. The number of hydrogen-bond acceptors (Lipinski definition) is 3. The van der Waals surface area contributed by atoms with Gasteiger partial charge < -0.3 is 10.1 Å². The number of nitrogens with zero attached hydrogens (tertiary/aromatic N) is 1. The van der Waals surface area contributed by atoms with Gasteiger partial charge in [0.15, 0.2) is 5.11 Å². The maximum atomic E-state index is 5.80. The molecular weight excluding hydrogens is 330 g/mol. The fraction of sp³-hybridized carbons (Fsp3) is 0.350. The monoisotopic (exact) mass is 355 g/mol. The standard InChI is InChI=1S/C20H25N3OS/c1-15-7-6-8-16(2)23(15)22-20(25)21-17-11-13-19(14-12-17)24-18-9-4-3-5-10-18/h3-5,9-16H,6-8H2,1-2H3,(H2,21,22,25). The summed E-state index contributed by atoms with van der Waals surface area (Å²) in [6.45, 7) is 4.47. The number of hydrogen-bond donors (Lipinski definition) is 2. The minimum Gasteiger partial charge on any atom is -0.457 e. The van der Waals surface area contributed by atoms with Crippen molar-refractivity contribution in [1.82, 2.24) is 10.4 Å². The predicted octanol–water partition coefficient (Wildman–Crippen LogP) is 4.94. The first kappa shape index (κ1) is 17.7. The molecule has 1 aliphatic heterocycles. The van der Waals surface area contributed by atoms with Gasteiger partial charge in [-0.2, -0.15) is 0 Å². The Morgan fingerprint density at radius 3 is 2.20 bits per heavy atom. The third-order valence-corrected chi connectivity index (χ3v) is 4.71. The minimum atomic E-state index is 0.491. The summed E-state index contributed by atoms with van der Waals surface area (Å²) >= 11 is 5.47. The van der Waals surface area contributed by atoms with Crippen molar-refractivity contribution in [1.29, 1.82) is 0 Å². The Morgan fingerprint density at radius 1 is 0.960 bits per heavy atom. The van der Waals surface area contributed by atoms with E-state index in [2.05, 4.69) is 29.6 Å². The number of hydrazine groups is 1. The maximum absolute atomic E-state index is 5.80. The van der Waals surface area contributed by atoms with E-state index in [1.807, 2.05) is 54.6 Å². The van der Waals surface area contributed by atoms with Crippen LogP contribution in [0.15, 0.2) is 54.6 Å². The van der Waals surface area contributed by atoms with E-state index in [4.69, 9.17) is 17.0 Å². The Balaban J connectivity index is 1.55. The summed E-state index contributed by atoms with van der Waals surface area (Å²) in [5.41, 5.74) is 4.28. The fourth-order valence-electron chi connectivity index (χ4n) is 3.15. The molecule has 0 spiro atoms. The van der Waals surface area contributed by atoms with E-state index in [9.17, 15) is 0 Å². The number of ether oxygens (including phenoxy) is 1. The largest absolute Gasteiger partial charge is 0.457 e. The predicted molar refractivity (Wildman–Crippen MR) is 107 cm³/mol. The molecule has 3 rings (SSSR count). The van der Waals surface area contributed by atoms with Crippen LogP contribution in [-0.4, -0.2) is 22.2 Å². The van der Waals surface area contributed by atoms with Gasteiger partial charge in [-0.1, -0.05) is 24.6 Å². The van der Waals surface area contributed by atoms with Gasteiger partial charge in [-0.05, 0) is 75.3 Å². The van der Waals surface area contributed by atoms with E-state index in [-0.39, 0.29) is 0 Å². The summed E-state index contributed by atoms with van der Waals surface area (Å²) in [6, 6.07) is 18.5. The van der Waals surface area contributed by atoms with E-state index in [0.717, 1.165) is 17.2 Å². The highest BCUT2D eigenvalue weighted by molar-refractivity contribution is 7.80. The van der Waals surface area contributed by atoms with Gasteiger partial charge in [0.05, 0.1) is 0 Å². The Morgan fingerprint density at radius 2 is 1.56 bits per heavy atom. The maximum Gasteiger partial charge on any atom is 0.185 e. The molecule has 132 valence electrons. The molecule has 2 unspecified atom stereocenters. The second kappa shape index (κ2) is 8.32. The highest BCUT2D eigenvalue weighted by Crippen LogP contribution is 2.23. The van der Waals surface area contributed by atoms with Crippen molar-refractivity contribution < 1.29 is 4.74 Å². The summed E-state index contributed by atoms with van der Waals surface area (Å²) in [7, 11) is 0. The molecular formula is C20H25N3OS. The van der Waals surface area contributed by atoms with Crippen LogP contribution >= 0.6 is 12.2 Å². The van der Waals surface area contributed by atoms with Crippen LogP contribution in [0.25, 0.3) is 0 Å². The summed E-state index contributed by atoms with van der Waals surface area (Å²) in [5.74, 6) is 1.63. The summed E-state index contributed by atoms with van der Waals surface area (Å²) < 4.78 is 5.80. The van der Waals surface area contributed by atoms with Crippen molar-refractivity contribution in [3.8, 4) is 11.5 Å². The van der Waals surface area contributed by atoms with Gasteiger partial charge in [0.1, 0.15) is 11.5 Å². The zero-order valence-corrected chi connectivity index (χ0v) is 15.6. The van der Waals surface area contributed by atoms with Gasteiger partial charge in [0, 0.05) is 17.8 Å². The van der Waals surface area contributed by atoms with Crippen LogP contribution in [-0.2, 0) is 0 Å². The number of rotatable bonds is 4. The van der Waals surface area contributed by atoms with Crippen molar-refractivity contribution in [3.63, 3.8) is 0 Å². The third-order valence-electron chi connectivity index (χ3n) is 4.52. The first-order valence-corrected chi connectivity index (χ1v) is 9.21. The van der Waals surface area contributed by atoms with Gasteiger partial charge in [0.2, 0.25) is 0 Å². The van der Waals surface area contributed by atoms with Crippen LogP contribution in [0.5, 0.6) is 11.5 Å². The van der Waals surface area contributed by atoms with Crippen LogP contribution in [0.4, 0.5) is 5.69 Å². The van der Waals surface area contributed by atoms with Crippen LogP contribution < -0.4 is 15.5 Å². The second-order valence-corrected chi connectivity index (χ2v) is 6.95. The molecule has 0 saturated carbocycles. The number of anilines is 1. The molecule has 1 fully saturated rings. The number of piperidine rings is 1. The van der Waals surface area contributed by atoms with Crippen molar-refractivity contribution in [2.45, 2.75) is 45.2 Å². The molecule has 1 heterocycles. The average molecular weight is 356 g/mol. The topological polar surface area (TPSA) is 36.5 Å². The lowest BCUT2D eigenvalue weighted by atomic mass is 10.00. The Hall–Kier alpha value is -2.11. The minimum absolute atomic E-state index is 0.491. The number of para-hydroxylation sites is 1. The fourth-order valence-corrected chi connectivity index (χ4v) is 3.37. The lowest BCUT2D eigenvalue weighted by Gasteiger charge is -2.39. The molecule has 25 heavy (non-hydrogen) atoms. The number of thiocarbonyl (C=S) groups is 1. The molecule has 0 amide bonds. The zero-order valence-electron chi connectivity index (χ0n) is 14.7. The van der Waals surface area contributed by atoms with E-state index in [1.165, 1.54) is 19.3 Å². The Bertz CT molecular complexity index is 680.